The van der Waals surface area contributed by atoms with Crippen LogP contribution in [0.15, 0.2) is 84.3 Å². The van der Waals surface area contributed by atoms with Crippen molar-refractivity contribution >= 4 is 17.5 Å². The predicted molar refractivity (Wildman–Crippen MR) is 135 cm³/mol. The highest BCUT2D eigenvalue weighted by Gasteiger charge is 2.38. The van der Waals surface area contributed by atoms with E-state index in [1.54, 1.807) is 36.7 Å². The molecule has 2 amide bonds. The van der Waals surface area contributed by atoms with E-state index in [0.717, 1.165) is 11.1 Å². The van der Waals surface area contributed by atoms with Gasteiger partial charge in [-0.2, -0.15) is 0 Å². The molecule has 186 valence electrons. The SMILES string of the molecule is CO/N=C1\C[C@@H](C(=O)NC[C@H](O)COc2ccccc2)N(C(=O)c2ccc(-c3cccnc3)cc2)C1. The van der Waals surface area contributed by atoms with Crippen molar-refractivity contribution in [2.24, 2.45) is 5.16 Å². The minimum Gasteiger partial charge on any atom is -0.491 e. The number of ether oxygens (including phenoxy) is 1. The molecule has 1 aromatic heterocycles. The van der Waals surface area contributed by atoms with Gasteiger partial charge in [0.25, 0.3) is 5.91 Å². The van der Waals surface area contributed by atoms with E-state index >= 15 is 0 Å². The van der Waals surface area contributed by atoms with Gasteiger partial charge in [0.2, 0.25) is 5.91 Å². The predicted octanol–water partition coefficient (Wildman–Crippen LogP) is 2.52. The number of carbonyl (C=O) groups excluding carboxylic acids is 2. The standard InChI is InChI=1S/C27H28N4O5/c1-35-30-22-14-25(26(33)29-16-23(32)18-36-24-7-3-2-4-8-24)31(17-22)27(34)20-11-9-19(10-12-20)21-6-5-13-28-15-21/h2-13,15,23,25,32H,14,16-18H2,1H3,(H,29,33)/b30-22+/t23-,25-/m0/s1. The molecule has 36 heavy (non-hydrogen) atoms. The van der Waals surface area contributed by atoms with Gasteiger partial charge in [-0.25, -0.2) is 0 Å². The molecule has 0 radical (unpaired) electrons. The lowest BCUT2D eigenvalue weighted by Crippen LogP contribution is -2.48. The molecule has 1 aliphatic heterocycles. The third-order valence-electron chi connectivity index (χ3n) is 5.77. The molecule has 1 fully saturated rings. The van der Waals surface area contributed by atoms with Crippen LogP contribution in [0.4, 0.5) is 0 Å². The number of para-hydroxylation sites is 1. The lowest BCUT2D eigenvalue weighted by molar-refractivity contribution is -0.125. The summed E-state index contributed by atoms with van der Waals surface area (Å²) in [5.41, 5.74) is 2.92. The van der Waals surface area contributed by atoms with Crippen LogP contribution in [0.5, 0.6) is 5.75 Å². The molecular formula is C27H28N4O5. The molecule has 2 heterocycles. The van der Waals surface area contributed by atoms with Gasteiger partial charge in [-0.1, -0.05) is 41.6 Å². The van der Waals surface area contributed by atoms with Gasteiger partial charge < -0.3 is 24.9 Å². The quantitative estimate of drug-likeness (QED) is 0.448. The molecule has 3 aromatic rings. The van der Waals surface area contributed by atoms with E-state index in [0.29, 0.717) is 17.0 Å². The first-order valence-electron chi connectivity index (χ1n) is 11.6. The van der Waals surface area contributed by atoms with Crippen molar-refractivity contribution in [3.8, 4) is 16.9 Å². The van der Waals surface area contributed by atoms with E-state index in [4.69, 9.17) is 9.57 Å². The molecule has 9 heteroatoms. The lowest BCUT2D eigenvalue weighted by atomic mass is 10.0. The van der Waals surface area contributed by atoms with E-state index in [1.807, 2.05) is 42.5 Å². The number of aliphatic hydroxyl groups excluding tert-OH is 1. The molecule has 1 aliphatic rings. The Morgan fingerprint density at radius 2 is 1.89 bits per heavy atom. The van der Waals surface area contributed by atoms with Gasteiger partial charge in [0.15, 0.2) is 0 Å². The number of aromatic nitrogens is 1. The summed E-state index contributed by atoms with van der Waals surface area (Å²) < 4.78 is 5.53. The van der Waals surface area contributed by atoms with Crippen LogP contribution in [0.1, 0.15) is 16.8 Å². The third-order valence-corrected chi connectivity index (χ3v) is 5.77. The summed E-state index contributed by atoms with van der Waals surface area (Å²) in [6, 6.07) is 19.3. The minimum atomic E-state index is -0.910. The number of carbonyl (C=O) groups is 2. The first-order chi connectivity index (χ1) is 17.5. The van der Waals surface area contributed by atoms with Crippen molar-refractivity contribution < 1.29 is 24.3 Å². The largest absolute Gasteiger partial charge is 0.491 e. The summed E-state index contributed by atoms with van der Waals surface area (Å²) in [5, 5.41) is 16.9. The minimum absolute atomic E-state index is 0.0131. The fourth-order valence-corrected chi connectivity index (χ4v) is 3.96. The molecule has 0 bridgehead atoms. The maximum atomic E-state index is 13.3. The second-order valence-electron chi connectivity index (χ2n) is 8.34. The van der Waals surface area contributed by atoms with Gasteiger partial charge in [0, 0.05) is 30.9 Å². The van der Waals surface area contributed by atoms with Crippen molar-refractivity contribution in [2.75, 3.05) is 26.8 Å². The van der Waals surface area contributed by atoms with E-state index in [-0.39, 0.29) is 37.9 Å². The van der Waals surface area contributed by atoms with Crippen molar-refractivity contribution in [3.05, 3.63) is 84.7 Å². The Bertz CT molecular complexity index is 1190. The van der Waals surface area contributed by atoms with Crippen LogP contribution in [0.2, 0.25) is 0 Å². The third kappa shape index (κ3) is 6.25. The number of pyridine rings is 1. The average Bonchev–Trinajstić information content (AvgIpc) is 3.35. The van der Waals surface area contributed by atoms with Crippen LogP contribution in [0.25, 0.3) is 11.1 Å². The van der Waals surface area contributed by atoms with Crippen molar-refractivity contribution in [3.63, 3.8) is 0 Å². The van der Waals surface area contributed by atoms with Crippen molar-refractivity contribution in [2.45, 2.75) is 18.6 Å². The second kappa shape index (κ2) is 11.9. The summed E-state index contributed by atoms with van der Waals surface area (Å²) in [5.74, 6) is -0.0389. The van der Waals surface area contributed by atoms with Gasteiger partial charge in [-0.15, -0.1) is 0 Å². The Morgan fingerprint density at radius 1 is 1.11 bits per heavy atom. The molecule has 0 unspecified atom stereocenters. The monoisotopic (exact) mass is 488 g/mol. The Labute approximate surface area is 209 Å². The smallest absolute Gasteiger partial charge is 0.254 e. The topological polar surface area (TPSA) is 113 Å². The Morgan fingerprint density at radius 3 is 2.58 bits per heavy atom. The summed E-state index contributed by atoms with van der Waals surface area (Å²) in [7, 11) is 1.42. The molecule has 9 nitrogen and oxygen atoms in total. The fraction of sp³-hybridized carbons (Fsp3) is 0.259. The van der Waals surface area contributed by atoms with Gasteiger partial charge in [0.1, 0.15) is 31.6 Å². The highest BCUT2D eigenvalue weighted by Crippen LogP contribution is 2.23. The molecule has 0 aliphatic carbocycles. The van der Waals surface area contributed by atoms with Gasteiger partial charge in [-0.3, -0.25) is 14.6 Å². The van der Waals surface area contributed by atoms with Crippen LogP contribution in [0, 0.1) is 0 Å². The molecule has 2 atom stereocenters. The van der Waals surface area contributed by atoms with E-state index in [2.05, 4.69) is 15.5 Å². The van der Waals surface area contributed by atoms with Gasteiger partial charge in [0.05, 0.1) is 12.3 Å². The molecule has 0 spiro atoms. The van der Waals surface area contributed by atoms with E-state index < -0.39 is 12.1 Å². The summed E-state index contributed by atoms with van der Waals surface area (Å²) >= 11 is 0. The maximum absolute atomic E-state index is 13.3. The van der Waals surface area contributed by atoms with E-state index in [1.165, 1.54) is 12.0 Å². The van der Waals surface area contributed by atoms with Crippen LogP contribution in [0.3, 0.4) is 0 Å². The number of amides is 2. The number of likely N-dealkylation sites (tertiary alicyclic amines) is 1. The van der Waals surface area contributed by atoms with Gasteiger partial charge in [-0.05, 0) is 41.5 Å². The number of benzene rings is 2. The number of hydrogen-bond donors (Lipinski definition) is 2. The summed E-state index contributed by atoms with van der Waals surface area (Å²) in [6.07, 6.45) is 2.79. The van der Waals surface area contributed by atoms with Crippen LogP contribution in [-0.4, -0.2) is 71.5 Å². The van der Waals surface area contributed by atoms with Crippen LogP contribution < -0.4 is 10.1 Å². The number of rotatable bonds is 9. The highest BCUT2D eigenvalue weighted by molar-refractivity contribution is 6.05. The Kier molecular flexibility index (Phi) is 8.25. The fourth-order valence-electron chi connectivity index (χ4n) is 3.96. The van der Waals surface area contributed by atoms with Gasteiger partial charge >= 0.3 is 0 Å². The molecule has 2 aromatic carbocycles. The zero-order valence-electron chi connectivity index (χ0n) is 19.9. The number of nitrogens with one attached hydrogen (secondary N) is 1. The Hall–Kier alpha value is -4.24. The first kappa shape index (κ1) is 24.9. The normalized spacial score (nSPS) is 17.0. The zero-order valence-corrected chi connectivity index (χ0v) is 19.9. The molecule has 2 N–H and O–H groups in total. The van der Waals surface area contributed by atoms with E-state index in [9.17, 15) is 14.7 Å². The average molecular weight is 489 g/mol. The maximum Gasteiger partial charge on any atom is 0.254 e. The molecule has 1 saturated heterocycles. The molecule has 0 saturated carbocycles. The number of aliphatic hydroxyl groups is 1. The number of nitrogens with zero attached hydrogens (tertiary/aromatic N) is 3. The Balaban J connectivity index is 1.39. The number of oxime groups is 1. The van der Waals surface area contributed by atoms with Crippen molar-refractivity contribution in [1.29, 1.82) is 0 Å². The number of hydrogen-bond acceptors (Lipinski definition) is 7. The first-order valence-corrected chi connectivity index (χ1v) is 11.6. The lowest BCUT2D eigenvalue weighted by Gasteiger charge is -2.24. The highest BCUT2D eigenvalue weighted by atomic mass is 16.6. The molecular weight excluding hydrogens is 460 g/mol. The second-order valence-corrected chi connectivity index (χ2v) is 8.34. The summed E-state index contributed by atoms with van der Waals surface area (Å²) in [4.78, 5) is 36.8. The van der Waals surface area contributed by atoms with Crippen molar-refractivity contribution in [1.82, 2.24) is 15.2 Å². The van der Waals surface area contributed by atoms with Crippen LogP contribution >= 0.6 is 0 Å². The molecule has 4 rings (SSSR count). The zero-order chi connectivity index (χ0) is 25.3. The summed E-state index contributed by atoms with van der Waals surface area (Å²) in [6.45, 7) is 0.187. The van der Waals surface area contributed by atoms with Crippen LogP contribution in [-0.2, 0) is 9.63 Å².